The maximum atomic E-state index is 8.99. The monoisotopic (exact) mass is 264 g/mol. The predicted molar refractivity (Wildman–Crippen MR) is 55.5 cm³/mol. The van der Waals surface area contributed by atoms with Gasteiger partial charge in [-0.15, -0.1) is 11.6 Å². The van der Waals surface area contributed by atoms with Gasteiger partial charge >= 0.3 is 0 Å². The quantitative estimate of drug-likeness (QED) is 0.823. The molecule has 13 heavy (non-hydrogen) atoms. The summed E-state index contributed by atoms with van der Waals surface area (Å²) in [5.41, 5.74) is 2.37. The van der Waals surface area contributed by atoms with Gasteiger partial charge in [0.25, 0.3) is 0 Å². The Bertz CT molecular complexity index is 302. The fourth-order valence-electron chi connectivity index (χ4n) is 1.11. The molecule has 72 valence electrons. The summed E-state index contributed by atoms with van der Waals surface area (Å²) in [4.78, 5) is 0. The van der Waals surface area contributed by atoms with Gasteiger partial charge in [0.1, 0.15) is 0 Å². The van der Waals surface area contributed by atoms with Crippen LogP contribution in [0.15, 0.2) is 16.6 Å². The lowest BCUT2D eigenvalue weighted by atomic mass is 10.1. The molecule has 0 spiro atoms. The summed E-state index contributed by atoms with van der Waals surface area (Å²) in [5, 5.41) is 18.0. The Kier molecular flexibility index (Phi) is 4.19. The maximum Gasteiger partial charge on any atom is 0.0685 e. The van der Waals surface area contributed by atoms with Gasteiger partial charge < -0.3 is 10.2 Å². The lowest BCUT2D eigenvalue weighted by Crippen LogP contribution is -1.96. The first-order valence-corrected chi connectivity index (χ1v) is 5.13. The third kappa shape index (κ3) is 2.44. The van der Waals surface area contributed by atoms with Crippen molar-refractivity contribution in [2.24, 2.45) is 0 Å². The molecular weight excluding hydrogens is 255 g/mol. The largest absolute Gasteiger partial charge is 0.392 e. The molecule has 0 bridgehead atoms. The van der Waals surface area contributed by atoms with E-state index >= 15 is 0 Å². The van der Waals surface area contributed by atoms with E-state index in [1.54, 1.807) is 12.1 Å². The second-order valence-electron chi connectivity index (χ2n) is 2.66. The molecule has 0 saturated heterocycles. The van der Waals surface area contributed by atoms with Crippen LogP contribution in [0.5, 0.6) is 0 Å². The number of rotatable bonds is 3. The molecule has 0 saturated carbocycles. The zero-order valence-electron chi connectivity index (χ0n) is 6.93. The van der Waals surface area contributed by atoms with Crippen molar-refractivity contribution in [2.45, 2.75) is 19.1 Å². The first-order chi connectivity index (χ1) is 6.22. The van der Waals surface area contributed by atoms with Gasteiger partial charge in [-0.2, -0.15) is 0 Å². The van der Waals surface area contributed by atoms with Crippen LogP contribution in [-0.4, -0.2) is 10.2 Å². The predicted octanol–water partition coefficient (Wildman–Crippen LogP) is 2.17. The van der Waals surface area contributed by atoms with Gasteiger partial charge in [0.15, 0.2) is 0 Å². The molecule has 1 aromatic carbocycles. The van der Waals surface area contributed by atoms with Crippen LogP contribution in [0, 0.1) is 0 Å². The van der Waals surface area contributed by atoms with Crippen molar-refractivity contribution in [1.29, 1.82) is 0 Å². The van der Waals surface area contributed by atoms with Crippen molar-refractivity contribution in [3.05, 3.63) is 33.3 Å². The molecular formula is C9H10BrClO2. The first kappa shape index (κ1) is 11.0. The van der Waals surface area contributed by atoms with E-state index in [1.165, 1.54) is 0 Å². The van der Waals surface area contributed by atoms with E-state index in [9.17, 15) is 0 Å². The van der Waals surface area contributed by atoms with Crippen LogP contribution in [0.1, 0.15) is 16.7 Å². The van der Waals surface area contributed by atoms with Gasteiger partial charge in [-0.05, 0) is 22.8 Å². The topological polar surface area (TPSA) is 40.5 Å². The van der Waals surface area contributed by atoms with Crippen LogP contribution in [-0.2, 0) is 19.1 Å². The number of hydrogen-bond donors (Lipinski definition) is 2. The first-order valence-electron chi connectivity index (χ1n) is 3.80. The zero-order chi connectivity index (χ0) is 9.84. The van der Waals surface area contributed by atoms with E-state index in [1.807, 2.05) is 0 Å². The van der Waals surface area contributed by atoms with Crippen LogP contribution in [0.4, 0.5) is 0 Å². The van der Waals surface area contributed by atoms with E-state index in [-0.39, 0.29) is 13.2 Å². The Balaban J connectivity index is 3.18. The highest BCUT2D eigenvalue weighted by atomic mass is 79.9. The summed E-state index contributed by atoms with van der Waals surface area (Å²) in [5.74, 6) is 0.388. The Morgan fingerprint density at radius 1 is 1.08 bits per heavy atom. The van der Waals surface area contributed by atoms with Gasteiger partial charge in [0, 0.05) is 10.4 Å². The van der Waals surface area contributed by atoms with E-state index < -0.39 is 0 Å². The zero-order valence-corrected chi connectivity index (χ0v) is 9.27. The molecule has 0 aliphatic rings. The molecule has 0 atom stereocenters. The normalized spacial score (nSPS) is 10.5. The van der Waals surface area contributed by atoms with E-state index in [0.717, 1.165) is 21.2 Å². The fraction of sp³-hybridized carbons (Fsp3) is 0.333. The Morgan fingerprint density at radius 2 is 1.62 bits per heavy atom. The standard InChI is InChI=1S/C9H10BrClO2/c10-9-2-8(5-13)7(4-12)1-6(9)3-11/h1-2,12-13H,3-5H2. The van der Waals surface area contributed by atoms with Gasteiger partial charge in [-0.25, -0.2) is 0 Å². The van der Waals surface area contributed by atoms with E-state index in [2.05, 4.69) is 15.9 Å². The third-order valence-electron chi connectivity index (χ3n) is 1.85. The highest BCUT2D eigenvalue weighted by molar-refractivity contribution is 9.10. The maximum absolute atomic E-state index is 8.99. The fourth-order valence-corrected chi connectivity index (χ4v) is 2.02. The van der Waals surface area contributed by atoms with E-state index in [4.69, 9.17) is 21.8 Å². The van der Waals surface area contributed by atoms with Crippen LogP contribution < -0.4 is 0 Å². The van der Waals surface area contributed by atoms with Gasteiger partial charge in [-0.1, -0.05) is 22.0 Å². The molecule has 1 aromatic rings. The Morgan fingerprint density at radius 3 is 2.08 bits per heavy atom. The van der Waals surface area contributed by atoms with Crippen molar-refractivity contribution in [1.82, 2.24) is 0 Å². The SMILES string of the molecule is OCc1cc(Br)c(CCl)cc1CO. The molecule has 0 aliphatic heterocycles. The highest BCUT2D eigenvalue weighted by Crippen LogP contribution is 2.23. The van der Waals surface area contributed by atoms with Crippen molar-refractivity contribution in [2.75, 3.05) is 0 Å². The minimum absolute atomic E-state index is 0.0724. The Labute approximate surface area is 90.3 Å². The summed E-state index contributed by atoms with van der Waals surface area (Å²) in [7, 11) is 0. The molecule has 1 rings (SSSR count). The summed E-state index contributed by atoms with van der Waals surface area (Å²) in [6, 6.07) is 3.58. The molecule has 2 nitrogen and oxygen atoms in total. The highest BCUT2D eigenvalue weighted by Gasteiger charge is 2.06. The molecule has 0 fully saturated rings. The summed E-state index contributed by atoms with van der Waals surface area (Å²) < 4.78 is 0.865. The Hall–Kier alpha value is -0.0900. The molecule has 2 N–H and O–H groups in total. The average molecular weight is 266 g/mol. The van der Waals surface area contributed by atoms with Crippen LogP contribution in [0.25, 0.3) is 0 Å². The minimum Gasteiger partial charge on any atom is -0.392 e. The van der Waals surface area contributed by atoms with Crippen molar-refractivity contribution >= 4 is 27.5 Å². The van der Waals surface area contributed by atoms with Crippen molar-refractivity contribution < 1.29 is 10.2 Å². The summed E-state index contributed by atoms with van der Waals surface area (Å²) in [6.45, 7) is -0.149. The van der Waals surface area contributed by atoms with E-state index in [0.29, 0.717) is 5.88 Å². The second kappa shape index (κ2) is 4.96. The van der Waals surface area contributed by atoms with Crippen molar-refractivity contribution in [3.63, 3.8) is 0 Å². The molecule has 0 aliphatic carbocycles. The molecule has 0 amide bonds. The summed E-state index contributed by atoms with van der Waals surface area (Å²) in [6.07, 6.45) is 0. The van der Waals surface area contributed by atoms with Crippen LogP contribution in [0.2, 0.25) is 0 Å². The third-order valence-corrected chi connectivity index (χ3v) is 2.88. The van der Waals surface area contributed by atoms with Crippen molar-refractivity contribution in [3.8, 4) is 0 Å². The number of aliphatic hydroxyl groups is 2. The van der Waals surface area contributed by atoms with Gasteiger partial charge in [0.2, 0.25) is 0 Å². The lowest BCUT2D eigenvalue weighted by molar-refractivity contribution is 0.260. The molecule has 0 radical (unpaired) electrons. The number of alkyl halides is 1. The van der Waals surface area contributed by atoms with Gasteiger partial charge in [0.05, 0.1) is 13.2 Å². The molecule has 0 unspecified atom stereocenters. The summed E-state index contributed by atoms with van der Waals surface area (Å²) >= 11 is 9.02. The lowest BCUT2D eigenvalue weighted by Gasteiger charge is -2.08. The smallest absolute Gasteiger partial charge is 0.0685 e. The number of halogens is 2. The van der Waals surface area contributed by atoms with Crippen LogP contribution >= 0.6 is 27.5 Å². The second-order valence-corrected chi connectivity index (χ2v) is 3.78. The molecule has 4 heteroatoms. The molecule has 0 heterocycles. The minimum atomic E-state index is -0.0763. The van der Waals surface area contributed by atoms with Crippen LogP contribution in [0.3, 0.4) is 0 Å². The van der Waals surface area contributed by atoms with Gasteiger partial charge in [-0.3, -0.25) is 0 Å². The number of hydrogen-bond acceptors (Lipinski definition) is 2. The number of benzene rings is 1. The molecule has 0 aromatic heterocycles. The average Bonchev–Trinajstić information content (AvgIpc) is 2.17. The number of aliphatic hydroxyl groups excluding tert-OH is 2.